The van der Waals surface area contributed by atoms with Crippen molar-refractivity contribution in [3.63, 3.8) is 0 Å². The molecule has 0 aliphatic heterocycles. The Hall–Kier alpha value is -2.99. The largest absolute Gasteiger partial charge is 0.480 e. The first-order chi connectivity index (χ1) is 16.6. The average Bonchev–Trinajstić information content (AvgIpc) is 3.31. The van der Waals surface area contributed by atoms with Crippen molar-refractivity contribution in [3.05, 3.63) is 94.9 Å². The number of furan rings is 1. The quantitative estimate of drug-likeness (QED) is 0.224. The van der Waals surface area contributed by atoms with Crippen molar-refractivity contribution in [2.24, 2.45) is 0 Å². The van der Waals surface area contributed by atoms with E-state index in [1.165, 1.54) is 55.3 Å². The topological polar surface area (TPSA) is 87.7 Å². The monoisotopic (exact) mass is 480 g/mol. The van der Waals surface area contributed by atoms with Gasteiger partial charge in [0, 0.05) is 0 Å². The highest BCUT2D eigenvalue weighted by atomic mass is 32.2. The van der Waals surface area contributed by atoms with E-state index in [0.717, 1.165) is 36.8 Å². The summed E-state index contributed by atoms with van der Waals surface area (Å²) in [5.74, 6) is -1.53. The van der Waals surface area contributed by atoms with Crippen molar-refractivity contribution in [2.75, 3.05) is 0 Å². The highest BCUT2D eigenvalue weighted by Crippen LogP contribution is 2.35. The van der Waals surface area contributed by atoms with Crippen LogP contribution in [0.25, 0.3) is 0 Å². The van der Waals surface area contributed by atoms with Crippen LogP contribution in [0.15, 0.2) is 71.3 Å². The van der Waals surface area contributed by atoms with Crippen molar-refractivity contribution in [3.8, 4) is 0 Å². The van der Waals surface area contributed by atoms with Gasteiger partial charge in [-0.05, 0) is 48.4 Å². The molecule has 1 unspecified atom stereocenters. The minimum Gasteiger partial charge on any atom is -0.480 e. The second-order valence-electron chi connectivity index (χ2n) is 8.40. The Balaban J connectivity index is 1.46. The Morgan fingerprint density at radius 3 is 2.15 bits per heavy atom. The van der Waals surface area contributed by atoms with Gasteiger partial charge in [0.1, 0.15) is 16.6 Å². The fourth-order valence-corrected chi connectivity index (χ4v) is 5.20. The van der Waals surface area contributed by atoms with E-state index in [4.69, 9.17) is 4.42 Å². The number of aromatic carboxylic acids is 1. The van der Waals surface area contributed by atoms with Crippen LogP contribution in [0.3, 0.4) is 0 Å². The third kappa shape index (κ3) is 7.80. The van der Waals surface area contributed by atoms with Crippen molar-refractivity contribution < 1.29 is 24.2 Å². The lowest BCUT2D eigenvalue weighted by Crippen LogP contribution is -2.11. The van der Waals surface area contributed by atoms with Crippen LogP contribution in [0.4, 0.5) is 0 Å². The van der Waals surface area contributed by atoms with Gasteiger partial charge in [-0.15, -0.1) is 11.8 Å². The first-order valence-corrected chi connectivity index (χ1v) is 12.9. The average molecular weight is 481 g/mol. The maximum atomic E-state index is 12.0. The minimum absolute atomic E-state index is 0.0775. The summed E-state index contributed by atoms with van der Waals surface area (Å²) in [6.45, 7) is 0. The van der Waals surface area contributed by atoms with Crippen molar-refractivity contribution in [1.29, 1.82) is 0 Å². The Morgan fingerprint density at radius 1 is 0.794 bits per heavy atom. The predicted molar refractivity (Wildman–Crippen MR) is 135 cm³/mol. The fourth-order valence-electron chi connectivity index (χ4n) is 4.11. The summed E-state index contributed by atoms with van der Waals surface area (Å²) in [4.78, 5) is 23.3. The van der Waals surface area contributed by atoms with Crippen LogP contribution in [0.5, 0.6) is 0 Å². The number of aliphatic carboxylic acids is 1. The summed E-state index contributed by atoms with van der Waals surface area (Å²) >= 11 is 1.18. The molecule has 0 radical (unpaired) electrons. The normalized spacial score (nSPS) is 11.9. The van der Waals surface area contributed by atoms with Crippen LogP contribution < -0.4 is 0 Å². The van der Waals surface area contributed by atoms with Crippen molar-refractivity contribution in [2.45, 2.75) is 62.4 Å². The summed E-state index contributed by atoms with van der Waals surface area (Å²) in [6.07, 6.45) is 10.3. The zero-order chi connectivity index (χ0) is 24.2. The molecule has 0 bridgehead atoms. The SMILES string of the molecule is O=C(O)c1ccoc1CSC(C(=O)O)c1ccccc1CCCCCCCCc1ccccc1. The van der Waals surface area contributed by atoms with Gasteiger partial charge in [0.05, 0.1) is 12.0 Å². The molecule has 3 rings (SSSR count). The summed E-state index contributed by atoms with van der Waals surface area (Å²) in [6, 6.07) is 19.7. The molecule has 6 heteroatoms. The molecule has 0 aliphatic rings. The number of rotatable bonds is 15. The van der Waals surface area contributed by atoms with Gasteiger partial charge in [-0.25, -0.2) is 4.79 Å². The summed E-state index contributed by atoms with van der Waals surface area (Å²) < 4.78 is 5.27. The lowest BCUT2D eigenvalue weighted by molar-refractivity contribution is -0.136. The molecular formula is C28H32O5S. The van der Waals surface area contributed by atoms with E-state index < -0.39 is 17.2 Å². The summed E-state index contributed by atoms with van der Waals surface area (Å²) in [5, 5.41) is 18.3. The number of hydrogen-bond acceptors (Lipinski definition) is 4. The van der Waals surface area contributed by atoms with Gasteiger partial charge >= 0.3 is 11.9 Å². The smallest absolute Gasteiger partial charge is 0.339 e. The zero-order valence-corrected chi connectivity index (χ0v) is 20.1. The molecule has 0 aliphatic carbocycles. The molecule has 1 atom stereocenters. The third-order valence-electron chi connectivity index (χ3n) is 5.92. The number of carboxylic acid groups (broad SMARTS) is 2. The second-order valence-corrected chi connectivity index (χ2v) is 9.49. The molecule has 0 amide bonds. The Bertz CT molecular complexity index is 1040. The molecule has 3 aromatic rings. The second kappa shape index (κ2) is 13.7. The molecule has 0 saturated heterocycles. The van der Waals surface area contributed by atoms with Crippen LogP contribution in [-0.2, 0) is 23.4 Å². The highest BCUT2D eigenvalue weighted by molar-refractivity contribution is 7.99. The maximum Gasteiger partial charge on any atom is 0.339 e. The number of hydrogen-bond donors (Lipinski definition) is 2. The number of unbranched alkanes of at least 4 members (excludes halogenated alkanes) is 5. The van der Waals surface area contributed by atoms with Crippen LogP contribution in [-0.4, -0.2) is 22.2 Å². The van der Waals surface area contributed by atoms with Gasteiger partial charge < -0.3 is 14.6 Å². The lowest BCUT2D eigenvalue weighted by atomic mass is 9.98. The number of carbonyl (C=O) groups is 2. The fraction of sp³-hybridized carbons (Fsp3) is 0.357. The van der Waals surface area contributed by atoms with Crippen LogP contribution in [0.1, 0.15) is 76.6 Å². The number of aryl methyl sites for hydroxylation is 2. The van der Waals surface area contributed by atoms with E-state index in [1.807, 2.05) is 30.3 Å². The third-order valence-corrected chi connectivity index (χ3v) is 7.14. The van der Waals surface area contributed by atoms with Crippen molar-refractivity contribution >= 4 is 23.7 Å². The standard InChI is InChI=1S/C28H32O5S/c29-27(30)24-18-19-33-25(24)20-34-26(28(31)32)23-17-11-10-16-22(23)15-9-4-2-1-3-6-12-21-13-7-5-8-14-21/h5,7-8,10-11,13-14,16-19,26H,1-4,6,9,12,15,20H2,(H,29,30)(H,31,32). The van der Waals surface area contributed by atoms with Crippen molar-refractivity contribution in [1.82, 2.24) is 0 Å². The first-order valence-electron chi connectivity index (χ1n) is 11.8. The van der Waals surface area contributed by atoms with E-state index in [0.29, 0.717) is 0 Å². The van der Waals surface area contributed by atoms with Crippen LogP contribution in [0, 0.1) is 0 Å². The summed E-state index contributed by atoms with van der Waals surface area (Å²) in [5.41, 5.74) is 3.31. The number of thioether (sulfide) groups is 1. The molecule has 2 aromatic carbocycles. The van der Waals surface area contributed by atoms with E-state index in [1.54, 1.807) is 0 Å². The molecular weight excluding hydrogens is 448 g/mol. The van der Waals surface area contributed by atoms with Gasteiger partial charge in [0.15, 0.2) is 0 Å². The van der Waals surface area contributed by atoms with E-state index in [2.05, 4.69) is 24.3 Å². The Morgan fingerprint density at radius 2 is 1.44 bits per heavy atom. The Labute approximate surface area is 205 Å². The minimum atomic E-state index is -1.07. The molecule has 1 aromatic heterocycles. The molecule has 2 N–H and O–H groups in total. The zero-order valence-electron chi connectivity index (χ0n) is 19.3. The van der Waals surface area contributed by atoms with Crippen LogP contribution >= 0.6 is 11.8 Å². The molecule has 1 heterocycles. The molecule has 180 valence electrons. The maximum absolute atomic E-state index is 12.0. The van der Waals surface area contributed by atoms with Gasteiger partial charge in [-0.2, -0.15) is 0 Å². The molecule has 5 nitrogen and oxygen atoms in total. The predicted octanol–water partition coefficient (Wildman–Crippen LogP) is 7.16. The summed E-state index contributed by atoms with van der Waals surface area (Å²) in [7, 11) is 0. The number of benzene rings is 2. The highest BCUT2D eigenvalue weighted by Gasteiger charge is 2.25. The number of carboxylic acids is 2. The molecule has 0 spiro atoms. The van der Waals surface area contributed by atoms with Crippen LogP contribution in [0.2, 0.25) is 0 Å². The van der Waals surface area contributed by atoms with Gasteiger partial charge in [-0.1, -0.05) is 80.3 Å². The van der Waals surface area contributed by atoms with Gasteiger partial charge in [-0.3, -0.25) is 4.79 Å². The molecule has 0 saturated carbocycles. The van der Waals surface area contributed by atoms with E-state index in [-0.39, 0.29) is 17.1 Å². The lowest BCUT2D eigenvalue weighted by Gasteiger charge is -2.16. The van der Waals surface area contributed by atoms with Gasteiger partial charge in [0.2, 0.25) is 0 Å². The van der Waals surface area contributed by atoms with E-state index >= 15 is 0 Å². The molecule has 0 fully saturated rings. The molecule has 34 heavy (non-hydrogen) atoms. The first kappa shape index (κ1) is 25.6. The Kier molecular flexibility index (Phi) is 10.3. The van der Waals surface area contributed by atoms with Gasteiger partial charge in [0.25, 0.3) is 0 Å². The van der Waals surface area contributed by atoms with E-state index in [9.17, 15) is 19.8 Å².